The summed E-state index contributed by atoms with van der Waals surface area (Å²) in [6.45, 7) is 4.61. The Morgan fingerprint density at radius 1 is 1.07 bits per heavy atom. The van der Waals surface area contributed by atoms with E-state index in [0.717, 1.165) is 47.2 Å². The molecule has 1 aliphatic rings. The van der Waals surface area contributed by atoms with Gasteiger partial charge in [0.2, 0.25) is 5.91 Å². The molecule has 1 aromatic heterocycles. The standard InChI is InChI=1S/C31H29F3N6O2S2/c1-20-7-5-8-21(2)27(20)40-26(41)18-44-30(40)37-29(43)35-16-4-3-9-22-10-6-11-23(17-22)28-36-19-39(38-28)24-12-14-25(15-13-24)42-31(32,33)34/h5-8,10-15,17,19H,3-4,9,16,18H2,1-2H3,(H,35,43)/b37-30-. The smallest absolute Gasteiger partial charge is 0.406 e. The molecule has 1 fully saturated rings. The van der Waals surface area contributed by atoms with E-state index in [2.05, 4.69) is 25.1 Å². The third kappa shape index (κ3) is 7.83. The number of thioether (sulfide) groups is 1. The number of carbonyl (C=O) groups excluding carboxylic acids is 1. The molecule has 0 atom stereocenters. The second kappa shape index (κ2) is 13.6. The van der Waals surface area contributed by atoms with Gasteiger partial charge in [-0.3, -0.25) is 9.69 Å². The second-order valence-corrected chi connectivity index (χ2v) is 11.4. The van der Waals surface area contributed by atoms with Crippen molar-refractivity contribution in [2.45, 2.75) is 39.5 Å². The summed E-state index contributed by atoms with van der Waals surface area (Å²) in [5, 5.41) is 8.61. The van der Waals surface area contributed by atoms with Crippen LogP contribution in [-0.4, -0.2) is 49.6 Å². The number of aryl methyl sites for hydroxylation is 3. The fourth-order valence-corrected chi connectivity index (χ4v) is 5.89. The van der Waals surface area contributed by atoms with E-state index in [4.69, 9.17) is 12.2 Å². The average Bonchev–Trinajstić information content (AvgIpc) is 3.60. The minimum Gasteiger partial charge on any atom is -0.406 e. The molecule has 44 heavy (non-hydrogen) atoms. The van der Waals surface area contributed by atoms with Crippen LogP contribution in [0.15, 0.2) is 78.0 Å². The molecule has 8 nitrogen and oxygen atoms in total. The minimum atomic E-state index is -4.74. The number of rotatable bonds is 9. The Labute approximate surface area is 262 Å². The van der Waals surface area contributed by atoms with Gasteiger partial charge >= 0.3 is 6.36 Å². The van der Waals surface area contributed by atoms with Crippen molar-refractivity contribution in [3.8, 4) is 22.8 Å². The molecule has 2 heterocycles. The summed E-state index contributed by atoms with van der Waals surface area (Å²) in [5.41, 5.74) is 5.40. The van der Waals surface area contributed by atoms with E-state index in [9.17, 15) is 18.0 Å². The number of thiocarbonyl (C=S) groups is 1. The van der Waals surface area contributed by atoms with Crippen LogP contribution in [0.3, 0.4) is 0 Å². The highest BCUT2D eigenvalue weighted by molar-refractivity contribution is 8.15. The van der Waals surface area contributed by atoms with Gasteiger partial charge in [-0.1, -0.05) is 48.2 Å². The van der Waals surface area contributed by atoms with E-state index in [1.165, 1.54) is 47.0 Å². The zero-order valence-electron chi connectivity index (χ0n) is 24.0. The third-order valence-corrected chi connectivity index (χ3v) is 7.97. The molecule has 5 rings (SSSR count). The predicted octanol–water partition coefficient (Wildman–Crippen LogP) is 6.78. The van der Waals surface area contributed by atoms with Gasteiger partial charge in [-0.25, -0.2) is 9.67 Å². The van der Waals surface area contributed by atoms with Crippen LogP contribution in [0.4, 0.5) is 18.9 Å². The maximum atomic E-state index is 12.7. The summed E-state index contributed by atoms with van der Waals surface area (Å²) in [7, 11) is 0. The highest BCUT2D eigenvalue weighted by Gasteiger charge is 2.32. The largest absolute Gasteiger partial charge is 0.573 e. The van der Waals surface area contributed by atoms with Gasteiger partial charge in [0.1, 0.15) is 12.1 Å². The number of halogens is 3. The number of alkyl halides is 3. The van der Waals surface area contributed by atoms with Crippen molar-refractivity contribution in [2.75, 3.05) is 17.2 Å². The van der Waals surface area contributed by atoms with Crippen LogP contribution in [0.5, 0.6) is 5.75 Å². The number of aliphatic imine (C=N–C) groups is 1. The SMILES string of the molecule is Cc1cccc(C)c1N1C(=O)CS/C1=N\C(=S)NCCCCc1cccc(-c2ncn(-c3ccc(OC(F)(F)F)cc3)n2)c1. The molecular formula is C31H29F3N6O2S2. The number of para-hydroxylation sites is 1. The Kier molecular flexibility index (Phi) is 9.64. The molecule has 0 saturated carbocycles. The van der Waals surface area contributed by atoms with Gasteiger partial charge in [0.15, 0.2) is 16.1 Å². The van der Waals surface area contributed by atoms with E-state index in [1.807, 2.05) is 56.3 Å². The number of amides is 1. The minimum absolute atomic E-state index is 0.00763. The Morgan fingerprint density at radius 3 is 2.52 bits per heavy atom. The Bertz CT molecular complexity index is 1670. The molecule has 228 valence electrons. The van der Waals surface area contributed by atoms with Gasteiger partial charge in [-0.15, -0.1) is 18.3 Å². The quantitative estimate of drug-likeness (QED) is 0.160. The predicted molar refractivity (Wildman–Crippen MR) is 170 cm³/mol. The molecule has 1 amide bonds. The summed E-state index contributed by atoms with van der Waals surface area (Å²) in [6, 6.07) is 19.3. The van der Waals surface area contributed by atoms with Crippen molar-refractivity contribution in [3.63, 3.8) is 0 Å². The zero-order chi connectivity index (χ0) is 31.3. The topological polar surface area (TPSA) is 84.6 Å². The maximum absolute atomic E-state index is 12.7. The average molecular weight is 639 g/mol. The van der Waals surface area contributed by atoms with E-state index >= 15 is 0 Å². The molecule has 1 N–H and O–H groups in total. The van der Waals surface area contributed by atoms with Gasteiger partial charge in [0.25, 0.3) is 0 Å². The van der Waals surface area contributed by atoms with Crippen molar-refractivity contribution in [2.24, 2.45) is 4.99 Å². The van der Waals surface area contributed by atoms with Crippen LogP contribution >= 0.6 is 24.0 Å². The number of anilines is 1. The second-order valence-electron chi connectivity index (χ2n) is 10.1. The van der Waals surface area contributed by atoms with E-state index in [0.29, 0.717) is 34.1 Å². The van der Waals surface area contributed by atoms with Crippen LogP contribution in [0.2, 0.25) is 0 Å². The molecule has 4 aromatic rings. The molecule has 3 aromatic carbocycles. The van der Waals surface area contributed by atoms with Gasteiger partial charge in [0.05, 0.1) is 17.1 Å². The molecule has 13 heteroatoms. The van der Waals surface area contributed by atoms with Crippen molar-refractivity contribution in [1.29, 1.82) is 0 Å². The third-order valence-electron chi connectivity index (χ3n) is 6.81. The van der Waals surface area contributed by atoms with Gasteiger partial charge in [-0.2, -0.15) is 4.99 Å². The van der Waals surface area contributed by atoms with Gasteiger partial charge in [-0.05, 0) is 92.4 Å². The highest BCUT2D eigenvalue weighted by atomic mass is 32.2. The lowest BCUT2D eigenvalue weighted by atomic mass is 10.0. The van der Waals surface area contributed by atoms with Crippen LogP contribution in [0.25, 0.3) is 17.1 Å². The molecule has 0 radical (unpaired) electrons. The van der Waals surface area contributed by atoms with Crippen LogP contribution in [0.1, 0.15) is 29.5 Å². The molecule has 1 aliphatic heterocycles. The molecule has 0 bridgehead atoms. The number of nitrogens with zero attached hydrogens (tertiary/aromatic N) is 5. The van der Waals surface area contributed by atoms with Crippen molar-refractivity contribution < 1.29 is 22.7 Å². The first-order valence-corrected chi connectivity index (χ1v) is 15.2. The molecule has 1 saturated heterocycles. The lowest BCUT2D eigenvalue weighted by Crippen LogP contribution is -2.32. The van der Waals surface area contributed by atoms with Gasteiger partial charge in [0, 0.05) is 12.1 Å². The Hall–Kier alpha value is -4.23. The maximum Gasteiger partial charge on any atom is 0.573 e. The summed E-state index contributed by atoms with van der Waals surface area (Å²) in [5.74, 6) is 0.528. The fourth-order valence-electron chi connectivity index (χ4n) is 4.79. The number of amidine groups is 1. The number of unbranched alkanes of at least 4 members (excludes halogenated alkanes) is 1. The van der Waals surface area contributed by atoms with Crippen molar-refractivity contribution in [1.82, 2.24) is 20.1 Å². The normalized spacial score (nSPS) is 14.3. The first-order chi connectivity index (χ1) is 21.1. The van der Waals surface area contributed by atoms with E-state index in [-0.39, 0.29) is 11.7 Å². The van der Waals surface area contributed by atoms with Crippen LogP contribution < -0.4 is 15.0 Å². The lowest BCUT2D eigenvalue weighted by Gasteiger charge is -2.21. The number of hydrogen-bond acceptors (Lipinski definition) is 6. The van der Waals surface area contributed by atoms with Crippen LogP contribution in [0, 0.1) is 13.8 Å². The first kappa shape index (κ1) is 31.2. The molecule has 0 unspecified atom stereocenters. The highest BCUT2D eigenvalue weighted by Crippen LogP contribution is 2.32. The summed E-state index contributed by atoms with van der Waals surface area (Å²) >= 11 is 6.85. The zero-order valence-corrected chi connectivity index (χ0v) is 25.6. The fraction of sp³-hybridized carbons (Fsp3) is 0.258. The van der Waals surface area contributed by atoms with E-state index in [1.54, 1.807) is 4.90 Å². The molecular weight excluding hydrogens is 610 g/mol. The van der Waals surface area contributed by atoms with Crippen LogP contribution in [-0.2, 0) is 11.2 Å². The molecule has 0 spiro atoms. The number of ether oxygens (including phenoxy) is 1. The summed E-state index contributed by atoms with van der Waals surface area (Å²) < 4.78 is 42.7. The Balaban J connectivity index is 1.12. The van der Waals surface area contributed by atoms with E-state index < -0.39 is 6.36 Å². The number of benzene rings is 3. The van der Waals surface area contributed by atoms with Gasteiger partial charge < -0.3 is 10.1 Å². The summed E-state index contributed by atoms with van der Waals surface area (Å²) in [6.07, 6.45) is -0.621. The van der Waals surface area contributed by atoms with Crippen molar-refractivity contribution >= 4 is 45.9 Å². The first-order valence-electron chi connectivity index (χ1n) is 13.8. The number of aromatic nitrogens is 3. The number of hydrogen-bond donors (Lipinski definition) is 1. The summed E-state index contributed by atoms with van der Waals surface area (Å²) in [4.78, 5) is 23.2. The monoisotopic (exact) mass is 638 g/mol. The van der Waals surface area contributed by atoms with Crippen molar-refractivity contribution in [3.05, 3.63) is 89.7 Å². The lowest BCUT2D eigenvalue weighted by molar-refractivity contribution is -0.274. The number of carbonyl (C=O) groups is 1. The Morgan fingerprint density at radius 2 is 1.80 bits per heavy atom. The number of nitrogens with one attached hydrogen (secondary N) is 1. The molecule has 0 aliphatic carbocycles.